The number of fused-ring (bicyclic) bond motifs is 3. The number of benzene rings is 1. The molecule has 2 saturated heterocycles. The van der Waals surface area contributed by atoms with Crippen LogP contribution < -0.4 is 5.32 Å². The normalized spacial score (nSPS) is 25.9. The second-order valence-corrected chi connectivity index (χ2v) is 7.79. The minimum Gasteiger partial charge on any atom is -0.349 e. The molecule has 1 N–H and O–H groups in total. The Morgan fingerprint density at radius 3 is 2.63 bits per heavy atom. The van der Waals surface area contributed by atoms with Gasteiger partial charge in [-0.25, -0.2) is 13.2 Å². The van der Waals surface area contributed by atoms with E-state index in [0.717, 1.165) is 25.7 Å². The third-order valence-corrected chi connectivity index (χ3v) is 6.10. The first-order chi connectivity index (χ1) is 12.9. The van der Waals surface area contributed by atoms with Gasteiger partial charge in [0.05, 0.1) is 12.1 Å². The van der Waals surface area contributed by atoms with Crippen LogP contribution in [0.15, 0.2) is 24.4 Å². The Balaban J connectivity index is 1.58. The number of hydrogen-bond donors (Lipinski definition) is 1. The van der Waals surface area contributed by atoms with Crippen molar-refractivity contribution in [3.05, 3.63) is 35.8 Å². The van der Waals surface area contributed by atoms with Crippen molar-refractivity contribution in [2.24, 2.45) is 0 Å². The van der Waals surface area contributed by atoms with Crippen LogP contribution in [-0.2, 0) is 6.54 Å². The summed E-state index contributed by atoms with van der Waals surface area (Å²) in [6.45, 7) is -0.520. The summed E-state index contributed by atoms with van der Waals surface area (Å²) in [6.07, 6.45) is 4.15. The van der Waals surface area contributed by atoms with E-state index in [2.05, 4.69) is 17.3 Å². The second kappa shape index (κ2) is 7.19. The van der Waals surface area contributed by atoms with Crippen LogP contribution in [0.5, 0.6) is 0 Å². The van der Waals surface area contributed by atoms with Gasteiger partial charge in [0.2, 0.25) is 0 Å². The van der Waals surface area contributed by atoms with E-state index in [0.29, 0.717) is 23.0 Å². The van der Waals surface area contributed by atoms with Crippen molar-refractivity contribution in [2.75, 3.05) is 7.05 Å². The molecule has 4 rings (SSSR count). The lowest BCUT2D eigenvalue weighted by molar-refractivity contribution is 0.0463. The van der Waals surface area contributed by atoms with Crippen molar-refractivity contribution in [1.29, 1.82) is 0 Å². The summed E-state index contributed by atoms with van der Waals surface area (Å²) < 4.78 is 40.8. The molecular formula is C20H24F3N3O. The van der Waals surface area contributed by atoms with E-state index < -0.39 is 18.8 Å². The zero-order chi connectivity index (χ0) is 19.1. The standard InChI is InChI=1S/C20H24F3N3O/c1-25-14-3-2-4-15(25)9-13(8-14)24-20(27)17-10-26(11-19(22)23)18-6-5-12(21)7-16(17)18/h5-7,10,13-15,19H,2-4,8-9,11H2,1H3,(H,24,27). The molecule has 2 aliphatic heterocycles. The fourth-order valence-corrected chi connectivity index (χ4v) is 4.75. The van der Waals surface area contributed by atoms with E-state index in [1.807, 2.05) is 0 Å². The van der Waals surface area contributed by atoms with E-state index in [9.17, 15) is 18.0 Å². The number of aromatic nitrogens is 1. The molecule has 0 saturated carbocycles. The Morgan fingerprint density at radius 1 is 1.26 bits per heavy atom. The highest BCUT2D eigenvalue weighted by molar-refractivity contribution is 6.07. The fraction of sp³-hybridized carbons (Fsp3) is 0.550. The number of alkyl halides is 2. The molecule has 7 heteroatoms. The molecule has 2 unspecified atom stereocenters. The van der Waals surface area contributed by atoms with Crippen molar-refractivity contribution in [3.63, 3.8) is 0 Å². The molecule has 0 spiro atoms. The number of carbonyl (C=O) groups excluding carboxylic acids is 1. The van der Waals surface area contributed by atoms with Crippen LogP contribution in [0.4, 0.5) is 13.2 Å². The van der Waals surface area contributed by atoms with Crippen LogP contribution >= 0.6 is 0 Å². The smallest absolute Gasteiger partial charge is 0.256 e. The summed E-state index contributed by atoms with van der Waals surface area (Å²) in [5, 5.41) is 3.45. The van der Waals surface area contributed by atoms with Crippen LogP contribution in [0.3, 0.4) is 0 Å². The highest BCUT2D eigenvalue weighted by atomic mass is 19.3. The summed E-state index contributed by atoms with van der Waals surface area (Å²) in [5.74, 6) is -0.800. The average Bonchev–Trinajstić information content (AvgIpc) is 2.93. The molecule has 4 nitrogen and oxygen atoms in total. The van der Waals surface area contributed by atoms with E-state index in [1.54, 1.807) is 0 Å². The molecule has 1 aromatic carbocycles. The SMILES string of the molecule is CN1C2CCCC1CC(NC(=O)c1cn(CC(F)F)c3ccc(F)cc13)C2. The van der Waals surface area contributed by atoms with Crippen molar-refractivity contribution < 1.29 is 18.0 Å². The minimum absolute atomic E-state index is 0.0612. The first-order valence-corrected chi connectivity index (χ1v) is 9.51. The number of carbonyl (C=O) groups is 1. The minimum atomic E-state index is -2.55. The van der Waals surface area contributed by atoms with Crippen molar-refractivity contribution in [1.82, 2.24) is 14.8 Å². The fourth-order valence-electron chi connectivity index (χ4n) is 4.75. The number of halogens is 3. The zero-order valence-corrected chi connectivity index (χ0v) is 15.3. The number of nitrogens with one attached hydrogen (secondary N) is 1. The molecule has 3 heterocycles. The van der Waals surface area contributed by atoms with Crippen LogP contribution in [0, 0.1) is 5.82 Å². The number of amides is 1. The molecule has 2 aliphatic rings. The Kier molecular flexibility index (Phi) is 4.88. The Bertz CT molecular complexity index is 836. The molecule has 2 fully saturated rings. The van der Waals surface area contributed by atoms with Gasteiger partial charge in [-0.05, 0) is 50.9 Å². The molecule has 0 radical (unpaired) electrons. The van der Waals surface area contributed by atoms with E-state index in [-0.39, 0.29) is 17.5 Å². The van der Waals surface area contributed by atoms with Crippen LogP contribution in [0.25, 0.3) is 10.9 Å². The Hall–Kier alpha value is -2.02. The maximum absolute atomic E-state index is 13.7. The summed E-state index contributed by atoms with van der Waals surface area (Å²) >= 11 is 0. The van der Waals surface area contributed by atoms with E-state index in [1.165, 1.54) is 35.4 Å². The first kappa shape index (κ1) is 18.3. The molecule has 2 atom stereocenters. The number of piperidine rings is 2. The maximum atomic E-state index is 13.7. The van der Waals surface area contributed by atoms with Gasteiger partial charge < -0.3 is 14.8 Å². The Labute approximate surface area is 156 Å². The highest BCUT2D eigenvalue weighted by Gasteiger charge is 2.36. The molecule has 0 aliphatic carbocycles. The quantitative estimate of drug-likeness (QED) is 0.878. The Morgan fingerprint density at radius 2 is 1.96 bits per heavy atom. The van der Waals surface area contributed by atoms with Gasteiger partial charge in [0.15, 0.2) is 0 Å². The summed E-state index contributed by atoms with van der Waals surface area (Å²) in [6, 6.07) is 4.93. The molecular weight excluding hydrogens is 355 g/mol. The zero-order valence-electron chi connectivity index (χ0n) is 15.3. The molecule has 2 aromatic rings. The summed E-state index contributed by atoms with van der Waals surface area (Å²) in [5.41, 5.74) is 0.705. The predicted octanol–water partition coefficient (Wildman–Crippen LogP) is 3.79. The number of hydrogen-bond acceptors (Lipinski definition) is 2. The molecule has 27 heavy (non-hydrogen) atoms. The molecule has 2 bridgehead atoms. The molecule has 146 valence electrons. The van der Waals surface area contributed by atoms with Gasteiger partial charge >= 0.3 is 0 Å². The van der Waals surface area contributed by atoms with Crippen LogP contribution in [0.1, 0.15) is 42.5 Å². The van der Waals surface area contributed by atoms with Crippen molar-refractivity contribution in [2.45, 2.75) is 63.2 Å². The van der Waals surface area contributed by atoms with Gasteiger partial charge in [-0.1, -0.05) is 6.42 Å². The van der Waals surface area contributed by atoms with Gasteiger partial charge in [-0.2, -0.15) is 0 Å². The van der Waals surface area contributed by atoms with Gasteiger partial charge in [0, 0.05) is 35.2 Å². The molecule has 1 aromatic heterocycles. The first-order valence-electron chi connectivity index (χ1n) is 9.51. The third kappa shape index (κ3) is 3.57. The third-order valence-electron chi connectivity index (χ3n) is 6.10. The lowest BCUT2D eigenvalue weighted by atomic mass is 9.82. The van der Waals surface area contributed by atoms with Crippen LogP contribution in [-0.4, -0.2) is 47.0 Å². The van der Waals surface area contributed by atoms with E-state index in [4.69, 9.17) is 0 Å². The predicted molar refractivity (Wildman–Crippen MR) is 97.6 cm³/mol. The lowest BCUT2D eigenvalue weighted by Gasteiger charge is -2.47. The maximum Gasteiger partial charge on any atom is 0.256 e. The van der Waals surface area contributed by atoms with Crippen molar-refractivity contribution in [3.8, 4) is 0 Å². The molecule has 1 amide bonds. The van der Waals surface area contributed by atoms with Gasteiger partial charge in [0.1, 0.15) is 5.82 Å². The lowest BCUT2D eigenvalue weighted by Crippen LogP contribution is -2.55. The topological polar surface area (TPSA) is 37.3 Å². The van der Waals surface area contributed by atoms with Crippen LogP contribution in [0.2, 0.25) is 0 Å². The summed E-state index contributed by atoms with van der Waals surface area (Å²) in [4.78, 5) is 15.3. The number of nitrogens with zero attached hydrogens (tertiary/aromatic N) is 2. The monoisotopic (exact) mass is 379 g/mol. The van der Waals surface area contributed by atoms with Gasteiger partial charge in [-0.15, -0.1) is 0 Å². The average molecular weight is 379 g/mol. The van der Waals surface area contributed by atoms with E-state index >= 15 is 0 Å². The number of rotatable bonds is 4. The van der Waals surface area contributed by atoms with Gasteiger partial charge in [0.25, 0.3) is 12.3 Å². The largest absolute Gasteiger partial charge is 0.349 e. The highest BCUT2D eigenvalue weighted by Crippen LogP contribution is 2.33. The second-order valence-electron chi connectivity index (χ2n) is 7.79. The summed E-state index contributed by atoms with van der Waals surface area (Å²) in [7, 11) is 2.15. The van der Waals surface area contributed by atoms with Crippen molar-refractivity contribution >= 4 is 16.8 Å². The van der Waals surface area contributed by atoms with Gasteiger partial charge in [-0.3, -0.25) is 4.79 Å².